The van der Waals surface area contributed by atoms with Crippen LogP contribution in [0, 0.1) is 0 Å². The maximum absolute atomic E-state index is 4.62. The smallest absolute Gasteiger partial charge is 0.0812 e. The van der Waals surface area contributed by atoms with Gasteiger partial charge >= 0.3 is 0 Å². The summed E-state index contributed by atoms with van der Waals surface area (Å²) in [5, 5.41) is 5.48. The van der Waals surface area contributed by atoms with E-state index in [0.717, 1.165) is 5.52 Å². The van der Waals surface area contributed by atoms with Crippen LogP contribution in [-0.4, -0.2) is 4.98 Å². The van der Waals surface area contributed by atoms with E-state index in [1.165, 1.54) is 11.1 Å². The van der Waals surface area contributed by atoms with E-state index in [-0.39, 0.29) is 5.41 Å². The Kier molecular flexibility index (Phi) is 1.88. The predicted molar refractivity (Wildman–Crippen MR) is 58.3 cm³/mol. The van der Waals surface area contributed by atoms with Crippen molar-refractivity contribution in [2.45, 2.75) is 26.2 Å². The molecule has 0 spiro atoms. The van der Waals surface area contributed by atoms with Crippen molar-refractivity contribution in [2.75, 3.05) is 0 Å². The van der Waals surface area contributed by atoms with Gasteiger partial charge in [-0.1, -0.05) is 26.8 Å². The highest BCUT2D eigenvalue weighted by atomic mass is 32.1. The van der Waals surface area contributed by atoms with E-state index < -0.39 is 0 Å². The average Bonchev–Trinajstić information content (AvgIpc) is 2.47. The second kappa shape index (κ2) is 2.81. The molecule has 13 heavy (non-hydrogen) atoms. The van der Waals surface area contributed by atoms with E-state index in [1.54, 1.807) is 11.3 Å². The van der Waals surface area contributed by atoms with Crippen molar-refractivity contribution in [1.29, 1.82) is 0 Å². The molecular formula is C11H13NS. The number of hydrogen-bond donors (Lipinski definition) is 0. The van der Waals surface area contributed by atoms with Crippen LogP contribution in [0.2, 0.25) is 0 Å². The molecule has 0 radical (unpaired) electrons. The molecule has 0 aromatic carbocycles. The summed E-state index contributed by atoms with van der Waals surface area (Å²) in [5.41, 5.74) is 2.44. The molecule has 2 rings (SSSR count). The van der Waals surface area contributed by atoms with Crippen LogP contribution in [0.3, 0.4) is 0 Å². The molecule has 0 fully saturated rings. The van der Waals surface area contributed by atoms with E-state index in [0.29, 0.717) is 0 Å². The van der Waals surface area contributed by atoms with Crippen molar-refractivity contribution < 1.29 is 0 Å². The largest absolute Gasteiger partial charge is 0.251 e. The lowest BCUT2D eigenvalue weighted by Gasteiger charge is -2.17. The topological polar surface area (TPSA) is 12.9 Å². The molecule has 2 aromatic rings. The summed E-state index contributed by atoms with van der Waals surface area (Å²) in [5.74, 6) is 0. The SMILES string of the molecule is CC(C)(C)c1ccc2cscc2n1. The molecule has 0 aliphatic heterocycles. The van der Waals surface area contributed by atoms with Gasteiger partial charge in [0.1, 0.15) is 0 Å². The van der Waals surface area contributed by atoms with Crippen molar-refractivity contribution in [3.05, 3.63) is 28.6 Å². The first-order valence-corrected chi connectivity index (χ1v) is 5.35. The predicted octanol–water partition coefficient (Wildman–Crippen LogP) is 3.59. The highest BCUT2D eigenvalue weighted by molar-refractivity contribution is 7.09. The molecule has 0 saturated carbocycles. The third kappa shape index (κ3) is 1.59. The molecule has 2 heteroatoms. The van der Waals surface area contributed by atoms with Gasteiger partial charge in [-0.15, -0.1) is 11.3 Å². The van der Waals surface area contributed by atoms with Gasteiger partial charge < -0.3 is 0 Å². The number of hydrogen-bond acceptors (Lipinski definition) is 2. The van der Waals surface area contributed by atoms with Crippen molar-refractivity contribution in [3.8, 4) is 0 Å². The molecular weight excluding hydrogens is 178 g/mol. The summed E-state index contributed by atoms with van der Waals surface area (Å²) < 4.78 is 0. The van der Waals surface area contributed by atoms with Crippen LogP contribution in [0.25, 0.3) is 10.9 Å². The molecule has 0 amide bonds. The minimum atomic E-state index is 0.149. The molecule has 0 bridgehead atoms. The first kappa shape index (κ1) is 8.70. The van der Waals surface area contributed by atoms with Gasteiger partial charge in [-0.25, -0.2) is 0 Å². The molecule has 1 nitrogen and oxygen atoms in total. The van der Waals surface area contributed by atoms with Crippen LogP contribution in [0.5, 0.6) is 0 Å². The van der Waals surface area contributed by atoms with E-state index >= 15 is 0 Å². The molecule has 0 N–H and O–H groups in total. The van der Waals surface area contributed by atoms with Gasteiger partial charge in [0.25, 0.3) is 0 Å². The summed E-state index contributed by atoms with van der Waals surface area (Å²) in [6.45, 7) is 6.56. The van der Waals surface area contributed by atoms with Crippen LogP contribution in [0.1, 0.15) is 26.5 Å². The van der Waals surface area contributed by atoms with Crippen molar-refractivity contribution >= 4 is 22.2 Å². The Hall–Kier alpha value is -0.890. The number of fused-ring (bicyclic) bond motifs is 1. The number of aromatic nitrogens is 1. The molecule has 2 heterocycles. The van der Waals surface area contributed by atoms with Crippen LogP contribution >= 0.6 is 11.3 Å². The third-order valence-electron chi connectivity index (χ3n) is 2.10. The van der Waals surface area contributed by atoms with Gasteiger partial charge in [-0.3, -0.25) is 4.98 Å². The van der Waals surface area contributed by atoms with Crippen molar-refractivity contribution in [3.63, 3.8) is 0 Å². The van der Waals surface area contributed by atoms with Gasteiger partial charge in [-0.2, -0.15) is 0 Å². The summed E-state index contributed by atoms with van der Waals surface area (Å²) >= 11 is 1.71. The molecule has 0 saturated heterocycles. The van der Waals surface area contributed by atoms with Crippen LogP contribution < -0.4 is 0 Å². The third-order valence-corrected chi connectivity index (χ3v) is 2.85. The lowest BCUT2D eigenvalue weighted by Crippen LogP contribution is -2.12. The zero-order chi connectivity index (χ0) is 9.47. The maximum Gasteiger partial charge on any atom is 0.0812 e. The monoisotopic (exact) mass is 191 g/mol. The molecule has 0 aliphatic carbocycles. The first-order chi connectivity index (χ1) is 6.07. The summed E-state index contributed by atoms with van der Waals surface area (Å²) in [4.78, 5) is 4.62. The fourth-order valence-electron chi connectivity index (χ4n) is 1.27. The lowest BCUT2D eigenvalue weighted by atomic mass is 9.91. The number of rotatable bonds is 0. The highest BCUT2D eigenvalue weighted by Gasteiger charge is 2.15. The Morgan fingerprint density at radius 3 is 2.62 bits per heavy atom. The second-order valence-electron chi connectivity index (χ2n) is 4.29. The van der Waals surface area contributed by atoms with Gasteiger partial charge in [-0.05, 0) is 6.07 Å². The van der Waals surface area contributed by atoms with E-state index in [2.05, 4.69) is 48.6 Å². The van der Waals surface area contributed by atoms with Gasteiger partial charge in [0.05, 0.1) is 5.52 Å². The standard InChI is InChI=1S/C11H13NS/c1-11(2,3)10-5-4-8-6-13-7-9(8)12-10/h4-7H,1-3H3. The molecule has 68 valence electrons. The van der Waals surface area contributed by atoms with Crippen molar-refractivity contribution in [1.82, 2.24) is 4.98 Å². The van der Waals surface area contributed by atoms with Gasteiger partial charge in [0, 0.05) is 27.3 Å². The second-order valence-corrected chi connectivity index (χ2v) is 5.04. The maximum atomic E-state index is 4.62. The summed E-state index contributed by atoms with van der Waals surface area (Å²) in [6.07, 6.45) is 0. The minimum absolute atomic E-state index is 0.149. The zero-order valence-corrected chi connectivity index (χ0v) is 8.98. The molecule has 2 aromatic heterocycles. The lowest BCUT2D eigenvalue weighted by molar-refractivity contribution is 0.571. The van der Waals surface area contributed by atoms with E-state index in [9.17, 15) is 0 Å². The highest BCUT2D eigenvalue weighted by Crippen LogP contribution is 2.24. The zero-order valence-electron chi connectivity index (χ0n) is 8.16. The fraction of sp³-hybridized carbons (Fsp3) is 0.364. The average molecular weight is 191 g/mol. The Bertz CT molecular complexity index is 423. The minimum Gasteiger partial charge on any atom is -0.251 e. The number of pyridine rings is 1. The summed E-state index contributed by atoms with van der Waals surface area (Å²) in [7, 11) is 0. The van der Waals surface area contributed by atoms with Crippen LogP contribution in [0.15, 0.2) is 22.9 Å². The Labute approximate surface area is 82.4 Å². The van der Waals surface area contributed by atoms with Gasteiger partial charge in [0.2, 0.25) is 0 Å². The van der Waals surface area contributed by atoms with Crippen LogP contribution in [-0.2, 0) is 5.41 Å². The Balaban J connectivity index is 2.61. The van der Waals surface area contributed by atoms with Gasteiger partial charge in [0.15, 0.2) is 0 Å². The normalized spacial score (nSPS) is 12.2. The summed E-state index contributed by atoms with van der Waals surface area (Å²) in [6, 6.07) is 4.27. The Morgan fingerprint density at radius 2 is 1.92 bits per heavy atom. The van der Waals surface area contributed by atoms with E-state index in [4.69, 9.17) is 0 Å². The number of thiophene rings is 1. The quantitative estimate of drug-likeness (QED) is 0.620. The van der Waals surface area contributed by atoms with Crippen molar-refractivity contribution in [2.24, 2.45) is 0 Å². The van der Waals surface area contributed by atoms with E-state index in [1.807, 2.05) is 0 Å². The first-order valence-electron chi connectivity index (χ1n) is 4.41. The molecule has 0 aliphatic rings. The fourth-order valence-corrected chi connectivity index (χ4v) is 2.00. The molecule has 0 unspecified atom stereocenters. The Morgan fingerprint density at radius 1 is 1.15 bits per heavy atom. The number of nitrogens with zero attached hydrogens (tertiary/aromatic N) is 1. The van der Waals surface area contributed by atoms with Crippen LogP contribution in [0.4, 0.5) is 0 Å². The molecule has 0 atom stereocenters.